The molecule has 1 saturated heterocycles. The molecule has 3 aliphatic rings. The highest BCUT2D eigenvalue weighted by Gasteiger charge is 2.48. The van der Waals surface area contributed by atoms with E-state index in [1.54, 1.807) is 7.11 Å². The van der Waals surface area contributed by atoms with Gasteiger partial charge in [-0.1, -0.05) is 25.7 Å². The lowest BCUT2D eigenvalue weighted by Crippen LogP contribution is -2.66. The summed E-state index contributed by atoms with van der Waals surface area (Å²) in [6, 6.07) is 8.57. The number of ether oxygens (including phenoxy) is 1. The predicted molar refractivity (Wildman–Crippen MR) is 138 cm³/mol. The van der Waals surface area contributed by atoms with Crippen LogP contribution in [0.5, 0.6) is 5.75 Å². The molecule has 1 aliphatic carbocycles. The molecule has 1 N–H and O–H groups in total. The molecule has 2 aliphatic heterocycles. The number of amides is 2. The second-order valence-corrected chi connectivity index (χ2v) is 11.0. The minimum Gasteiger partial charge on any atom is -0.497 e. The lowest BCUT2D eigenvalue weighted by molar-refractivity contribution is -0.134. The molecular formula is C28H40N4O3. The van der Waals surface area contributed by atoms with E-state index in [0.717, 1.165) is 55.4 Å². The molecule has 2 amide bonds. The molecule has 2 aromatic rings. The molecule has 0 radical (unpaired) electrons. The van der Waals surface area contributed by atoms with Crippen LogP contribution in [0.2, 0.25) is 0 Å². The summed E-state index contributed by atoms with van der Waals surface area (Å²) in [7, 11) is 1.65. The van der Waals surface area contributed by atoms with Gasteiger partial charge in [-0.15, -0.1) is 0 Å². The third-order valence-electron chi connectivity index (χ3n) is 8.62. The Labute approximate surface area is 208 Å². The van der Waals surface area contributed by atoms with Gasteiger partial charge < -0.3 is 19.5 Å². The minimum absolute atomic E-state index is 0.0279. The first-order chi connectivity index (χ1) is 16.9. The Morgan fingerprint density at radius 1 is 1.09 bits per heavy atom. The topological polar surface area (TPSA) is 66.8 Å². The number of likely N-dealkylation sites (tertiary alicyclic amines) is 1. The Morgan fingerprint density at radius 2 is 1.86 bits per heavy atom. The van der Waals surface area contributed by atoms with Gasteiger partial charge in [0.15, 0.2) is 0 Å². The van der Waals surface area contributed by atoms with E-state index in [1.165, 1.54) is 25.7 Å². The maximum Gasteiger partial charge on any atom is 0.271 e. The predicted octanol–water partition coefficient (Wildman–Crippen LogP) is 4.19. The number of hydrogen-bond donors (Lipinski definition) is 1. The highest BCUT2D eigenvalue weighted by atomic mass is 16.5. The normalized spacial score (nSPS) is 26.1. The van der Waals surface area contributed by atoms with Gasteiger partial charge in [0, 0.05) is 36.6 Å². The number of rotatable bonds is 6. The standard InChI is InChI=1S/C28H40N4O3/c1-20-9-7-8-14-30(20)15-16-32-26(33)25-17-21-12-13-23(35-3)18-24(21)31(25)19-28(32,2)27(34)29-22-10-5-4-6-11-22/h12-13,17-18,20,22H,4-11,14-16,19H2,1-3H3,(H,29,34)/t20-,28-/m1/s1. The molecule has 1 saturated carbocycles. The number of hydrogen-bond acceptors (Lipinski definition) is 4. The van der Waals surface area contributed by atoms with Gasteiger partial charge in [0.05, 0.1) is 19.2 Å². The van der Waals surface area contributed by atoms with Crippen LogP contribution in [-0.2, 0) is 11.3 Å². The average molecular weight is 481 g/mol. The Kier molecular flexibility index (Phi) is 6.80. The lowest BCUT2D eigenvalue weighted by atomic mass is 9.91. The number of carbonyl (C=O) groups is 2. The van der Waals surface area contributed by atoms with Crippen molar-refractivity contribution in [2.75, 3.05) is 26.7 Å². The van der Waals surface area contributed by atoms with Crippen molar-refractivity contribution in [2.24, 2.45) is 0 Å². The third kappa shape index (κ3) is 4.55. The number of methoxy groups -OCH3 is 1. The fraction of sp³-hybridized carbons (Fsp3) is 0.643. The first-order valence-corrected chi connectivity index (χ1v) is 13.4. The van der Waals surface area contributed by atoms with E-state index in [0.29, 0.717) is 24.8 Å². The molecule has 7 nitrogen and oxygen atoms in total. The van der Waals surface area contributed by atoms with Gasteiger partial charge >= 0.3 is 0 Å². The molecule has 1 aromatic heterocycles. The highest BCUT2D eigenvalue weighted by molar-refractivity contribution is 6.03. The van der Waals surface area contributed by atoms with Crippen LogP contribution in [0.3, 0.4) is 0 Å². The van der Waals surface area contributed by atoms with Crippen LogP contribution < -0.4 is 10.1 Å². The first-order valence-electron chi connectivity index (χ1n) is 13.4. The van der Waals surface area contributed by atoms with Crippen molar-refractivity contribution in [2.45, 2.75) is 89.4 Å². The molecular weight excluding hydrogens is 440 g/mol. The Bertz CT molecular complexity index is 1090. The summed E-state index contributed by atoms with van der Waals surface area (Å²) in [4.78, 5) is 32.2. The van der Waals surface area contributed by atoms with Crippen molar-refractivity contribution in [3.63, 3.8) is 0 Å². The summed E-state index contributed by atoms with van der Waals surface area (Å²) in [5, 5.41) is 4.33. The van der Waals surface area contributed by atoms with Crippen molar-refractivity contribution >= 4 is 22.7 Å². The van der Waals surface area contributed by atoms with Crippen molar-refractivity contribution in [3.05, 3.63) is 30.0 Å². The van der Waals surface area contributed by atoms with Crippen LogP contribution in [0.1, 0.15) is 75.7 Å². The molecule has 1 aromatic carbocycles. The van der Waals surface area contributed by atoms with Gasteiger partial charge in [-0.05, 0) is 64.3 Å². The van der Waals surface area contributed by atoms with Crippen LogP contribution in [0, 0.1) is 0 Å². The van der Waals surface area contributed by atoms with E-state index in [4.69, 9.17) is 4.74 Å². The molecule has 2 fully saturated rings. The quantitative estimate of drug-likeness (QED) is 0.673. The molecule has 190 valence electrons. The Balaban J connectivity index is 1.48. The number of nitrogens with zero attached hydrogens (tertiary/aromatic N) is 3. The molecule has 0 spiro atoms. The summed E-state index contributed by atoms with van der Waals surface area (Å²) in [6.45, 7) is 7.10. The molecule has 7 heteroatoms. The van der Waals surface area contributed by atoms with Gasteiger partial charge in [0.1, 0.15) is 17.0 Å². The van der Waals surface area contributed by atoms with E-state index in [9.17, 15) is 9.59 Å². The lowest BCUT2D eigenvalue weighted by Gasteiger charge is -2.46. The Hall–Kier alpha value is -2.54. The molecule has 0 bridgehead atoms. The summed E-state index contributed by atoms with van der Waals surface area (Å²) in [5.41, 5.74) is 0.645. The smallest absolute Gasteiger partial charge is 0.271 e. The Morgan fingerprint density at radius 3 is 2.60 bits per heavy atom. The number of nitrogens with one attached hydrogen (secondary N) is 1. The van der Waals surface area contributed by atoms with Crippen LogP contribution in [0.25, 0.3) is 10.9 Å². The maximum absolute atomic E-state index is 14.0. The molecule has 35 heavy (non-hydrogen) atoms. The third-order valence-corrected chi connectivity index (χ3v) is 8.62. The number of fused-ring (bicyclic) bond motifs is 3. The van der Waals surface area contributed by atoms with Crippen LogP contribution in [0.4, 0.5) is 0 Å². The number of benzene rings is 1. The van der Waals surface area contributed by atoms with Crippen molar-refractivity contribution < 1.29 is 14.3 Å². The molecule has 0 unspecified atom stereocenters. The summed E-state index contributed by atoms with van der Waals surface area (Å²) in [5.74, 6) is 0.665. The van der Waals surface area contributed by atoms with E-state index in [1.807, 2.05) is 40.7 Å². The summed E-state index contributed by atoms with van der Waals surface area (Å²) in [6.07, 6.45) is 9.27. The van der Waals surface area contributed by atoms with Crippen LogP contribution >= 0.6 is 0 Å². The first kappa shape index (κ1) is 24.2. The van der Waals surface area contributed by atoms with E-state index in [-0.39, 0.29) is 17.9 Å². The maximum atomic E-state index is 14.0. The zero-order valence-electron chi connectivity index (χ0n) is 21.5. The van der Waals surface area contributed by atoms with E-state index in [2.05, 4.69) is 17.1 Å². The zero-order valence-corrected chi connectivity index (χ0v) is 21.5. The van der Waals surface area contributed by atoms with Gasteiger partial charge in [-0.25, -0.2) is 0 Å². The molecule has 2 atom stereocenters. The summed E-state index contributed by atoms with van der Waals surface area (Å²) >= 11 is 0. The minimum atomic E-state index is -0.949. The number of carbonyl (C=O) groups excluding carboxylic acids is 2. The number of aromatic nitrogens is 1. The second-order valence-electron chi connectivity index (χ2n) is 11.0. The average Bonchev–Trinajstić information content (AvgIpc) is 3.23. The summed E-state index contributed by atoms with van der Waals surface area (Å²) < 4.78 is 7.48. The van der Waals surface area contributed by atoms with Gasteiger partial charge in [0.2, 0.25) is 5.91 Å². The molecule has 3 heterocycles. The SMILES string of the molecule is COc1ccc2cc3n(c2c1)C[C@](C)(C(=O)NC1CCCCC1)N(CCN1CCCC[C@H]1C)C3=O. The zero-order chi connectivity index (χ0) is 24.6. The van der Waals surface area contributed by atoms with Crippen LogP contribution in [-0.4, -0.2) is 70.5 Å². The van der Waals surface area contributed by atoms with Gasteiger partial charge in [-0.3, -0.25) is 14.5 Å². The fourth-order valence-corrected chi connectivity index (χ4v) is 6.31. The monoisotopic (exact) mass is 480 g/mol. The van der Waals surface area contributed by atoms with Gasteiger partial charge in [-0.2, -0.15) is 0 Å². The van der Waals surface area contributed by atoms with Crippen molar-refractivity contribution in [1.29, 1.82) is 0 Å². The van der Waals surface area contributed by atoms with E-state index >= 15 is 0 Å². The second kappa shape index (κ2) is 9.84. The largest absolute Gasteiger partial charge is 0.497 e. The van der Waals surface area contributed by atoms with E-state index < -0.39 is 5.54 Å². The highest BCUT2D eigenvalue weighted by Crippen LogP contribution is 2.34. The van der Waals surface area contributed by atoms with Gasteiger partial charge in [0.25, 0.3) is 5.91 Å². The van der Waals surface area contributed by atoms with Crippen molar-refractivity contribution in [1.82, 2.24) is 19.7 Å². The fourth-order valence-electron chi connectivity index (χ4n) is 6.31. The molecule has 5 rings (SSSR count). The number of piperidine rings is 1. The van der Waals surface area contributed by atoms with Crippen LogP contribution in [0.15, 0.2) is 24.3 Å². The van der Waals surface area contributed by atoms with Crippen molar-refractivity contribution in [3.8, 4) is 5.75 Å².